The minimum absolute atomic E-state index is 0. The number of rotatable bonds is 3. The maximum atomic E-state index is 12.3. The highest BCUT2D eigenvalue weighted by Crippen LogP contribution is 2.18. The summed E-state index contributed by atoms with van der Waals surface area (Å²) in [5, 5.41) is 3.11. The minimum atomic E-state index is 0. The van der Waals surface area contributed by atoms with E-state index in [-0.39, 0.29) is 18.3 Å². The zero-order valence-electron chi connectivity index (χ0n) is 11.7. The molecule has 0 bridgehead atoms. The Labute approximate surface area is 121 Å². The van der Waals surface area contributed by atoms with Crippen LogP contribution in [0.4, 0.5) is 0 Å². The molecule has 0 atom stereocenters. The second-order valence-electron chi connectivity index (χ2n) is 5.20. The normalized spacial score (nSPS) is 16.0. The van der Waals surface area contributed by atoms with Gasteiger partial charge in [0.15, 0.2) is 0 Å². The van der Waals surface area contributed by atoms with Crippen molar-refractivity contribution in [3.05, 3.63) is 35.4 Å². The van der Waals surface area contributed by atoms with Crippen molar-refractivity contribution in [3.8, 4) is 0 Å². The Bertz CT molecular complexity index is 397. The number of hydrogen-bond acceptors (Lipinski definition) is 2. The Morgan fingerprint density at radius 2 is 1.84 bits per heavy atom. The van der Waals surface area contributed by atoms with Gasteiger partial charge in [0.05, 0.1) is 0 Å². The summed E-state index contributed by atoms with van der Waals surface area (Å²) < 4.78 is 0. The summed E-state index contributed by atoms with van der Waals surface area (Å²) in [6, 6.07) is 7.92. The molecule has 106 valence electrons. The molecule has 1 N–H and O–H groups in total. The molecule has 1 amide bonds. The fourth-order valence-corrected chi connectivity index (χ4v) is 2.36. The van der Waals surface area contributed by atoms with Gasteiger partial charge in [-0.2, -0.15) is 0 Å². The summed E-state index contributed by atoms with van der Waals surface area (Å²) in [5.74, 6) is 0.935. The zero-order valence-corrected chi connectivity index (χ0v) is 12.5. The summed E-state index contributed by atoms with van der Waals surface area (Å²) in [7, 11) is 1.92. The van der Waals surface area contributed by atoms with Crippen LogP contribution in [0, 0.1) is 5.92 Å². The first kappa shape index (κ1) is 16.0. The van der Waals surface area contributed by atoms with Crippen LogP contribution in [0.2, 0.25) is 0 Å². The molecule has 1 aromatic carbocycles. The third kappa shape index (κ3) is 4.22. The van der Waals surface area contributed by atoms with Gasteiger partial charge in [0.1, 0.15) is 0 Å². The van der Waals surface area contributed by atoms with E-state index in [1.165, 1.54) is 5.56 Å². The van der Waals surface area contributed by atoms with Crippen LogP contribution in [0.15, 0.2) is 24.3 Å². The van der Waals surface area contributed by atoms with E-state index in [0.717, 1.165) is 44.0 Å². The second-order valence-corrected chi connectivity index (χ2v) is 5.20. The van der Waals surface area contributed by atoms with Crippen molar-refractivity contribution in [1.82, 2.24) is 10.2 Å². The predicted molar refractivity (Wildman–Crippen MR) is 80.8 cm³/mol. The summed E-state index contributed by atoms with van der Waals surface area (Å²) in [6.45, 7) is 4.90. The molecular formula is C15H23ClN2O. The van der Waals surface area contributed by atoms with Crippen LogP contribution >= 0.6 is 12.4 Å². The van der Waals surface area contributed by atoms with E-state index in [9.17, 15) is 4.79 Å². The number of piperidine rings is 1. The van der Waals surface area contributed by atoms with E-state index in [1.807, 2.05) is 36.2 Å². The number of hydrogen-bond donors (Lipinski definition) is 1. The molecular weight excluding hydrogens is 260 g/mol. The number of amides is 1. The highest BCUT2D eigenvalue weighted by molar-refractivity contribution is 5.94. The van der Waals surface area contributed by atoms with E-state index >= 15 is 0 Å². The molecule has 1 heterocycles. The first-order chi connectivity index (χ1) is 8.70. The summed E-state index contributed by atoms with van der Waals surface area (Å²) in [5.41, 5.74) is 2.02. The Morgan fingerprint density at radius 1 is 1.26 bits per heavy atom. The fraction of sp³-hybridized carbons (Fsp3) is 0.533. The topological polar surface area (TPSA) is 32.3 Å². The molecule has 0 saturated carbocycles. The highest BCUT2D eigenvalue weighted by atomic mass is 35.5. The Balaban J connectivity index is 0.00000180. The molecule has 1 aromatic rings. The molecule has 0 radical (unpaired) electrons. The minimum Gasteiger partial charge on any atom is -0.339 e. The van der Waals surface area contributed by atoms with E-state index in [1.54, 1.807) is 0 Å². The number of nitrogens with one attached hydrogen (secondary N) is 1. The van der Waals surface area contributed by atoms with Crippen LogP contribution < -0.4 is 5.32 Å². The van der Waals surface area contributed by atoms with Gasteiger partial charge in [-0.05, 0) is 43.5 Å². The van der Waals surface area contributed by atoms with Gasteiger partial charge in [0, 0.05) is 25.2 Å². The lowest BCUT2D eigenvalue weighted by Crippen LogP contribution is -2.37. The van der Waals surface area contributed by atoms with Crippen molar-refractivity contribution < 1.29 is 4.79 Å². The molecule has 4 heteroatoms. The van der Waals surface area contributed by atoms with E-state index in [4.69, 9.17) is 0 Å². The SMILES string of the molecule is CNCc1ccc(C(=O)N2CCC(C)CC2)cc1.Cl. The second kappa shape index (κ2) is 7.51. The molecule has 1 fully saturated rings. The van der Waals surface area contributed by atoms with E-state index in [2.05, 4.69) is 12.2 Å². The highest BCUT2D eigenvalue weighted by Gasteiger charge is 2.21. The zero-order chi connectivity index (χ0) is 13.0. The predicted octanol–water partition coefficient (Wildman–Crippen LogP) is 2.70. The molecule has 19 heavy (non-hydrogen) atoms. The lowest BCUT2D eigenvalue weighted by Gasteiger charge is -2.30. The number of benzene rings is 1. The molecule has 1 aliphatic rings. The van der Waals surface area contributed by atoms with Crippen molar-refractivity contribution in [3.63, 3.8) is 0 Å². The van der Waals surface area contributed by atoms with Crippen LogP contribution in [0.3, 0.4) is 0 Å². The van der Waals surface area contributed by atoms with Gasteiger partial charge in [0.2, 0.25) is 0 Å². The molecule has 1 saturated heterocycles. The molecule has 0 aliphatic carbocycles. The first-order valence-corrected chi connectivity index (χ1v) is 6.73. The largest absolute Gasteiger partial charge is 0.339 e. The Hall–Kier alpha value is -1.06. The van der Waals surface area contributed by atoms with Crippen molar-refractivity contribution in [2.75, 3.05) is 20.1 Å². The van der Waals surface area contributed by atoms with E-state index < -0.39 is 0 Å². The van der Waals surface area contributed by atoms with Crippen molar-refractivity contribution in [2.45, 2.75) is 26.3 Å². The van der Waals surface area contributed by atoms with Crippen molar-refractivity contribution in [2.24, 2.45) is 5.92 Å². The van der Waals surface area contributed by atoms with Gasteiger partial charge in [0.25, 0.3) is 5.91 Å². The monoisotopic (exact) mass is 282 g/mol. The molecule has 2 rings (SSSR count). The van der Waals surface area contributed by atoms with Crippen LogP contribution in [-0.4, -0.2) is 30.9 Å². The van der Waals surface area contributed by atoms with E-state index in [0.29, 0.717) is 0 Å². The number of carbonyl (C=O) groups is 1. The molecule has 0 aromatic heterocycles. The van der Waals surface area contributed by atoms with Crippen LogP contribution in [0.1, 0.15) is 35.7 Å². The van der Waals surface area contributed by atoms with Crippen molar-refractivity contribution in [1.29, 1.82) is 0 Å². The molecule has 1 aliphatic heterocycles. The van der Waals surface area contributed by atoms with Gasteiger partial charge < -0.3 is 10.2 Å². The smallest absolute Gasteiger partial charge is 0.253 e. The van der Waals surface area contributed by atoms with Crippen LogP contribution in [0.25, 0.3) is 0 Å². The van der Waals surface area contributed by atoms with Gasteiger partial charge >= 0.3 is 0 Å². The van der Waals surface area contributed by atoms with Gasteiger partial charge in [-0.3, -0.25) is 4.79 Å². The molecule has 0 unspecified atom stereocenters. The fourth-order valence-electron chi connectivity index (χ4n) is 2.36. The summed E-state index contributed by atoms with van der Waals surface area (Å²) in [4.78, 5) is 14.3. The number of halogens is 1. The quantitative estimate of drug-likeness (QED) is 0.924. The average molecular weight is 283 g/mol. The average Bonchev–Trinajstić information content (AvgIpc) is 2.40. The lowest BCUT2D eigenvalue weighted by atomic mass is 9.98. The lowest BCUT2D eigenvalue weighted by molar-refractivity contribution is 0.0697. The van der Waals surface area contributed by atoms with Gasteiger partial charge in [-0.15, -0.1) is 12.4 Å². The Morgan fingerprint density at radius 3 is 2.37 bits per heavy atom. The molecule has 3 nitrogen and oxygen atoms in total. The third-order valence-electron chi connectivity index (χ3n) is 3.65. The first-order valence-electron chi connectivity index (χ1n) is 6.73. The maximum absolute atomic E-state index is 12.3. The molecule has 0 spiro atoms. The number of likely N-dealkylation sites (tertiary alicyclic amines) is 1. The Kier molecular flexibility index (Phi) is 6.32. The standard InChI is InChI=1S/C15H22N2O.ClH/c1-12-7-9-17(10-8-12)15(18)14-5-3-13(4-6-14)11-16-2;/h3-6,12,16H,7-11H2,1-2H3;1H. The van der Waals surface area contributed by atoms with Gasteiger partial charge in [-0.1, -0.05) is 19.1 Å². The third-order valence-corrected chi connectivity index (χ3v) is 3.65. The van der Waals surface area contributed by atoms with Crippen LogP contribution in [0.5, 0.6) is 0 Å². The van der Waals surface area contributed by atoms with Gasteiger partial charge in [-0.25, -0.2) is 0 Å². The van der Waals surface area contributed by atoms with Crippen molar-refractivity contribution >= 4 is 18.3 Å². The summed E-state index contributed by atoms with van der Waals surface area (Å²) in [6.07, 6.45) is 2.26. The van der Waals surface area contributed by atoms with Crippen LogP contribution in [-0.2, 0) is 6.54 Å². The summed E-state index contributed by atoms with van der Waals surface area (Å²) >= 11 is 0. The number of nitrogens with zero attached hydrogens (tertiary/aromatic N) is 1. The maximum Gasteiger partial charge on any atom is 0.253 e. The number of carbonyl (C=O) groups excluding carboxylic acids is 1.